The summed E-state index contributed by atoms with van der Waals surface area (Å²) in [6, 6.07) is 14.0. The Bertz CT molecular complexity index is 579. The predicted octanol–water partition coefficient (Wildman–Crippen LogP) is 3.80. The molecule has 0 aliphatic carbocycles. The lowest BCUT2D eigenvalue weighted by molar-refractivity contribution is 0.393. The van der Waals surface area contributed by atoms with Crippen LogP contribution in [0, 0.1) is 6.92 Å². The van der Waals surface area contributed by atoms with E-state index in [0.717, 1.165) is 22.8 Å². The maximum absolute atomic E-state index is 6.31. The first-order chi connectivity index (χ1) is 10.1. The Morgan fingerprint density at radius 2 is 1.67 bits per heavy atom. The van der Waals surface area contributed by atoms with Gasteiger partial charge in [-0.1, -0.05) is 18.2 Å². The summed E-state index contributed by atoms with van der Waals surface area (Å²) in [5.74, 6) is 2.34. The number of thioether (sulfide) groups is 1. The molecule has 1 atom stereocenters. The molecular formula is C17H21NO2S. The summed E-state index contributed by atoms with van der Waals surface area (Å²) in [6.07, 6.45) is 0. The first kappa shape index (κ1) is 15.7. The third kappa shape index (κ3) is 4.16. The summed E-state index contributed by atoms with van der Waals surface area (Å²) in [6.45, 7) is 2.11. The number of rotatable bonds is 6. The fourth-order valence-electron chi connectivity index (χ4n) is 2.04. The Morgan fingerprint density at radius 3 is 2.24 bits per heavy atom. The Balaban J connectivity index is 2.09. The molecule has 0 aliphatic heterocycles. The second-order valence-electron chi connectivity index (χ2n) is 4.83. The van der Waals surface area contributed by atoms with Gasteiger partial charge in [0.05, 0.1) is 14.2 Å². The molecule has 0 spiro atoms. The van der Waals surface area contributed by atoms with Crippen LogP contribution in [0.2, 0.25) is 0 Å². The van der Waals surface area contributed by atoms with Crippen LogP contribution in [0.25, 0.3) is 0 Å². The van der Waals surface area contributed by atoms with Gasteiger partial charge >= 0.3 is 0 Å². The van der Waals surface area contributed by atoms with E-state index in [1.807, 2.05) is 24.3 Å². The first-order valence-corrected chi connectivity index (χ1v) is 7.79. The molecule has 0 amide bonds. The van der Waals surface area contributed by atoms with Crippen LogP contribution in [-0.4, -0.2) is 20.0 Å². The average molecular weight is 303 g/mol. The molecule has 2 rings (SSSR count). The highest BCUT2D eigenvalue weighted by Crippen LogP contribution is 2.30. The number of aryl methyl sites for hydroxylation is 1. The summed E-state index contributed by atoms with van der Waals surface area (Å²) >= 11 is 1.77. The molecule has 0 saturated heterocycles. The minimum absolute atomic E-state index is 0.0707. The van der Waals surface area contributed by atoms with Crippen LogP contribution in [0.5, 0.6) is 11.5 Å². The molecule has 2 N–H and O–H groups in total. The van der Waals surface area contributed by atoms with Gasteiger partial charge in [-0.25, -0.2) is 0 Å². The monoisotopic (exact) mass is 303 g/mol. The highest BCUT2D eigenvalue weighted by Gasteiger charge is 2.11. The van der Waals surface area contributed by atoms with Crippen LogP contribution < -0.4 is 15.2 Å². The summed E-state index contributed by atoms with van der Waals surface area (Å²) in [4.78, 5) is 1.27. The number of benzene rings is 2. The van der Waals surface area contributed by atoms with E-state index in [1.165, 1.54) is 10.5 Å². The molecule has 0 bridgehead atoms. The van der Waals surface area contributed by atoms with Crippen LogP contribution in [0.3, 0.4) is 0 Å². The molecule has 1 unspecified atom stereocenters. The minimum Gasteiger partial charge on any atom is -0.497 e. The molecule has 2 aromatic carbocycles. The second-order valence-corrected chi connectivity index (χ2v) is 5.89. The minimum atomic E-state index is -0.0707. The highest BCUT2D eigenvalue weighted by atomic mass is 32.2. The molecule has 21 heavy (non-hydrogen) atoms. The van der Waals surface area contributed by atoms with Crippen molar-refractivity contribution in [1.82, 2.24) is 0 Å². The largest absolute Gasteiger partial charge is 0.497 e. The summed E-state index contributed by atoms with van der Waals surface area (Å²) in [5.41, 5.74) is 8.60. The van der Waals surface area contributed by atoms with E-state index in [4.69, 9.17) is 15.2 Å². The van der Waals surface area contributed by atoms with Gasteiger partial charge < -0.3 is 15.2 Å². The molecule has 0 heterocycles. The van der Waals surface area contributed by atoms with Gasteiger partial charge in [-0.2, -0.15) is 0 Å². The standard InChI is InChI=1S/C17H21NO2S/c1-12-6-4-5-7-17(12)21-11-16(18)13-8-14(19-2)10-15(9-13)20-3/h4-10,16H,11,18H2,1-3H3. The maximum Gasteiger partial charge on any atom is 0.122 e. The van der Waals surface area contributed by atoms with Crippen molar-refractivity contribution in [3.8, 4) is 11.5 Å². The number of ether oxygens (including phenoxy) is 2. The smallest absolute Gasteiger partial charge is 0.122 e. The molecule has 2 aromatic rings. The van der Waals surface area contributed by atoms with Crippen molar-refractivity contribution < 1.29 is 9.47 Å². The SMILES string of the molecule is COc1cc(OC)cc(C(N)CSc2ccccc2C)c1. The fourth-order valence-corrected chi connectivity index (χ4v) is 3.06. The molecule has 0 saturated carbocycles. The Morgan fingerprint density at radius 1 is 1.05 bits per heavy atom. The van der Waals surface area contributed by atoms with Gasteiger partial charge in [0.25, 0.3) is 0 Å². The van der Waals surface area contributed by atoms with Crippen molar-refractivity contribution in [3.63, 3.8) is 0 Å². The Hall–Kier alpha value is -1.65. The van der Waals surface area contributed by atoms with Crippen LogP contribution in [0.1, 0.15) is 17.2 Å². The third-order valence-corrected chi connectivity index (χ3v) is 4.61. The third-order valence-electron chi connectivity index (χ3n) is 3.31. The predicted molar refractivity (Wildman–Crippen MR) is 88.4 cm³/mol. The van der Waals surface area contributed by atoms with Crippen LogP contribution in [0.4, 0.5) is 0 Å². The molecule has 112 valence electrons. The normalized spacial score (nSPS) is 12.0. The summed E-state index contributed by atoms with van der Waals surface area (Å²) < 4.78 is 10.6. The van der Waals surface area contributed by atoms with Crippen molar-refractivity contribution in [2.75, 3.05) is 20.0 Å². The zero-order chi connectivity index (χ0) is 15.2. The summed E-state index contributed by atoms with van der Waals surface area (Å²) in [5, 5.41) is 0. The molecule has 4 heteroatoms. The van der Waals surface area contributed by atoms with Gasteiger partial charge in [0.1, 0.15) is 11.5 Å². The van der Waals surface area contributed by atoms with E-state index < -0.39 is 0 Å². The van der Waals surface area contributed by atoms with E-state index in [0.29, 0.717) is 0 Å². The first-order valence-electron chi connectivity index (χ1n) is 6.81. The van der Waals surface area contributed by atoms with Crippen molar-refractivity contribution in [2.45, 2.75) is 17.9 Å². The lowest BCUT2D eigenvalue weighted by atomic mass is 10.1. The van der Waals surface area contributed by atoms with Gasteiger partial charge in [-0.3, -0.25) is 0 Å². The molecule has 3 nitrogen and oxygen atoms in total. The Kier molecular flexibility index (Phi) is 5.53. The van der Waals surface area contributed by atoms with Gasteiger partial charge in [0, 0.05) is 22.8 Å². The molecular weight excluding hydrogens is 282 g/mol. The van der Waals surface area contributed by atoms with Gasteiger partial charge in [0.15, 0.2) is 0 Å². The zero-order valence-corrected chi connectivity index (χ0v) is 13.4. The Labute approximate surface area is 130 Å². The summed E-state index contributed by atoms with van der Waals surface area (Å²) in [7, 11) is 3.29. The number of hydrogen-bond donors (Lipinski definition) is 1. The number of methoxy groups -OCH3 is 2. The van der Waals surface area contributed by atoms with E-state index in [9.17, 15) is 0 Å². The van der Waals surface area contributed by atoms with Crippen LogP contribution in [0.15, 0.2) is 47.4 Å². The molecule has 0 fully saturated rings. The molecule has 0 aromatic heterocycles. The number of nitrogens with two attached hydrogens (primary N) is 1. The van der Waals surface area contributed by atoms with Crippen molar-refractivity contribution in [3.05, 3.63) is 53.6 Å². The van der Waals surface area contributed by atoms with Gasteiger partial charge in [0.2, 0.25) is 0 Å². The average Bonchev–Trinajstić information content (AvgIpc) is 2.53. The van der Waals surface area contributed by atoms with Crippen molar-refractivity contribution in [2.24, 2.45) is 5.73 Å². The molecule has 0 aliphatic rings. The van der Waals surface area contributed by atoms with Crippen LogP contribution in [-0.2, 0) is 0 Å². The van der Waals surface area contributed by atoms with Crippen molar-refractivity contribution >= 4 is 11.8 Å². The highest BCUT2D eigenvalue weighted by molar-refractivity contribution is 7.99. The van der Waals surface area contributed by atoms with E-state index in [-0.39, 0.29) is 6.04 Å². The van der Waals surface area contributed by atoms with E-state index >= 15 is 0 Å². The second kappa shape index (κ2) is 7.38. The zero-order valence-electron chi connectivity index (χ0n) is 12.6. The topological polar surface area (TPSA) is 44.5 Å². The fraction of sp³-hybridized carbons (Fsp3) is 0.294. The number of hydrogen-bond acceptors (Lipinski definition) is 4. The maximum atomic E-state index is 6.31. The van der Waals surface area contributed by atoms with Gasteiger partial charge in [-0.05, 0) is 36.2 Å². The lowest BCUT2D eigenvalue weighted by Crippen LogP contribution is -2.13. The van der Waals surface area contributed by atoms with Crippen molar-refractivity contribution in [1.29, 1.82) is 0 Å². The van der Waals surface area contributed by atoms with Crippen LogP contribution >= 0.6 is 11.8 Å². The lowest BCUT2D eigenvalue weighted by Gasteiger charge is -2.15. The quantitative estimate of drug-likeness (QED) is 0.824. The van der Waals surface area contributed by atoms with E-state index in [2.05, 4.69) is 25.1 Å². The van der Waals surface area contributed by atoms with E-state index in [1.54, 1.807) is 26.0 Å². The molecule has 0 radical (unpaired) electrons. The van der Waals surface area contributed by atoms with Gasteiger partial charge in [-0.15, -0.1) is 11.8 Å².